The van der Waals surface area contributed by atoms with Crippen LogP contribution in [0.2, 0.25) is 0 Å². The average molecular weight is 154 g/mol. The zero-order valence-electron chi connectivity index (χ0n) is 6.06. The molecule has 1 saturated heterocycles. The monoisotopic (exact) mass is 154 g/mol. The SMILES string of the molecule is O=C1OC2C=CCCC2[C@H]1O. The molecule has 0 spiro atoms. The van der Waals surface area contributed by atoms with Gasteiger partial charge in [0.1, 0.15) is 6.10 Å². The highest BCUT2D eigenvalue weighted by Gasteiger charge is 2.42. The van der Waals surface area contributed by atoms with Crippen LogP contribution in [0.5, 0.6) is 0 Å². The van der Waals surface area contributed by atoms with Gasteiger partial charge in [0.25, 0.3) is 0 Å². The third-order valence-corrected chi connectivity index (χ3v) is 2.31. The number of aliphatic hydroxyl groups is 1. The van der Waals surface area contributed by atoms with E-state index in [2.05, 4.69) is 0 Å². The Balaban J connectivity index is 2.21. The van der Waals surface area contributed by atoms with Crippen molar-refractivity contribution in [2.45, 2.75) is 25.0 Å². The van der Waals surface area contributed by atoms with Crippen LogP contribution < -0.4 is 0 Å². The van der Waals surface area contributed by atoms with Crippen molar-refractivity contribution in [3.05, 3.63) is 12.2 Å². The summed E-state index contributed by atoms with van der Waals surface area (Å²) >= 11 is 0. The van der Waals surface area contributed by atoms with Gasteiger partial charge in [-0.25, -0.2) is 4.79 Å². The summed E-state index contributed by atoms with van der Waals surface area (Å²) in [6.07, 6.45) is 4.61. The number of hydrogen-bond acceptors (Lipinski definition) is 3. The van der Waals surface area contributed by atoms with E-state index in [1.807, 2.05) is 12.2 Å². The first-order valence-electron chi connectivity index (χ1n) is 3.84. The molecule has 11 heavy (non-hydrogen) atoms. The summed E-state index contributed by atoms with van der Waals surface area (Å²) in [6, 6.07) is 0. The minimum atomic E-state index is -0.884. The smallest absolute Gasteiger partial charge is 0.336 e. The fourth-order valence-electron chi connectivity index (χ4n) is 1.67. The average Bonchev–Trinajstić information content (AvgIpc) is 2.30. The van der Waals surface area contributed by atoms with Crippen molar-refractivity contribution < 1.29 is 14.6 Å². The third-order valence-electron chi connectivity index (χ3n) is 2.31. The Bertz CT molecular complexity index is 209. The van der Waals surface area contributed by atoms with Crippen molar-refractivity contribution in [1.29, 1.82) is 0 Å². The Morgan fingerprint density at radius 2 is 2.45 bits per heavy atom. The van der Waals surface area contributed by atoms with Crippen molar-refractivity contribution in [1.82, 2.24) is 0 Å². The van der Waals surface area contributed by atoms with Crippen LogP contribution in [0.15, 0.2) is 12.2 Å². The topological polar surface area (TPSA) is 46.5 Å². The molecule has 60 valence electrons. The van der Waals surface area contributed by atoms with E-state index >= 15 is 0 Å². The van der Waals surface area contributed by atoms with Gasteiger partial charge in [-0.2, -0.15) is 0 Å². The molecule has 0 radical (unpaired) electrons. The van der Waals surface area contributed by atoms with Gasteiger partial charge in [-0.05, 0) is 18.9 Å². The zero-order valence-corrected chi connectivity index (χ0v) is 6.06. The van der Waals surface area contributed by atoms with Crippen molar-refractivity contribution >= 4 is 5.97 Å². The van der Waals surface area contributed by atoms with E-state index in [9.17, 15) is 9.90 Å². The Labute approximate surface area is 64.7 Å². The minimum absolute atomic E-state index is 0.00694. The lowest BCUT2D eigenvalue weighted by atomic mass is 9.89. The van der Waals surface area contributed by atoms with Crippen LogP contribution in [0.25, 0.3) is 0 Å². The molecule has 1 aliphatic carbocycles. The van der Waals surface area contributed by atoms with Gasteiger partial charge >= 0.3 is 5.97 Å². The quantitative estimate of drug-likeness (QED) is 0.401. The molecule has 2 aliphatic rings. The molecule has 1 aliphatic heterocycles. The van der Waals surface area contributed by atoms with Gasteiger partial charge in [-0.3, -0.25) is 0 Å². The van der Waals surface area contributed by atoms with Gasteiger partial charge in [-0.1, -0.05) is 6.08 Å². The highest BCUT2D eigenvalue weighted by molar-refractivity contribution is 5.77. The van der Waals surface area contributed by atoms with Gasteiger partial charge in [0.2, 0.25) is 0 Å². The number of fused-ring (bicyclic) bond motifs is 1. The van der Waals surface area contributed by atoms with E-state index in [4.69, 9.17) is 4.74 Å². The number of aliphatic hydroxyl groups excluding tert-OH is 1. The molecule has 3 nitrogen and oxygen atoms in total. The maximum absolute atomic E-state index is 10.8. The van der Waals surface area contributed by atoms with Crippen molar-refractivity contribution in [2.24, 2.45) is 5.92 Å². The first kappa shape index (κ1) is 6.85. The Hall–Kier alpha value is -0.830. The van der Waals surface area contributed by atoms with Crippen molar-refractivity contribution in [2.75, 3.05) is 0 Å². The maximum atomic E-state index is 10.8. The van der Waals surface area contributed by atoms with E-state index in [1.54, 1.807) is 0 Å². The second kappa shape index (κ2) is 2.34. The summed E-state index contributed by atoms with van der Waals surface area (Å²) < 4.78 is 4.90. The third kappa shape index (κ3) is 0.959. The minimum Gasteiger partial charge on any atom is -0.456 e. The number of carbonyl (C=O) groups excluding carboxylic acids is 1. The fourth-order valence-corrected chi connectivity index (χ4v) is 1.67. The van der Waals surface area contributed by atoms with Crippen LogP contribution in [-0.2, 0) is 9.53 Å². The van der Waals surface area contributed by atoms with Gasteiger partial charge in [0, 0.05) is 5.92 Å². The Morgan fingerprint density at radius 3 is 3.18 bits per heavy atom. The zero-order chi connectivity index (χ0) is 7.84. The van der Waals surface area contributed by atoms with Crippen LogP contribution >= 0.6 is 0 Å². The first-order valence-corrected chi connectivity index (χ1v) is 3.84. The molecule has 2 unspecified atom stereocenters. The normalized spacial score (nSPS) is 41.9. The largest absolute Gasteiger partial charge is 0.456 e. The molecule has 0 amide bonds. The molecule has 3 atom stereocenters. The molecule has 1 heterocycles. The fraction of sp³-hybridized carbons (Fsp3) is 0.625. The summed E-state index contributed by atoms with van der Waals surface area (Å²) in [5, 5.41) is 9.28. The molecule has 0 bridgehead atoms. The Morgan fingerprint density at radius 1 is 1.64 bits per heavy atom. The lowest BCUT2D eigenvalue weighted by Crippen LogP contribution is -2.25. The number of ether oxygens (including phenoxy) is 1. The molecule has 1 fully saturated rings. The van der Waals surface area contributed by atoms with E-state index < -0.39 is 12.1 Å². The van der Waals surface area contributed by atoms with Crippen LogP contribution in [0.3, 0.4) is 0 Å². The molecule has 1 N–H and O–H groups in total. The van der Waals surface area contributed by atoms with E-state index in [0.717, 1.165) is 12.8 Å². The molecule has 0 aromatic rings. The van der Waals surface area contributed by atoms with Gasteiger partial charge in [0.15, 0.2) is 6.10 Å². The maximum Gasteiger partial charge on any atom is 0.336 e. The van der Waals surface area contributed by atoms with E-state index in [1.165, 1.54) is 0 Å². The molecule has 0 aromatic carbocycles. The van der Waals surface area contributed by atoms with Crippen molar-refractivity contribution in [3.63, 3.8) is 0 Å². The van der Waals surface area contributed by atoms with Crippen LogP contribution in [0.1, 0.15) is 12.8 Å². The number of rotatable bonds is 0. The standard InChI is InChI=1S/C8H10O3/c9-7-5-3-1-2-4-6(5)11-8(7)10/h2,4-7,9H,1,3H2/t5?,6?,7-/m1/s1. The molecular formula is C8H10O3. The highest BCUT2D eigenvalue weighted by Crippen LogP contribution is 2.30. The van der Waals surface area contributed by atoms with E-state index in [0.29, 0.717) is 0 Å². The lowest BCUT2D eigenvalue weighted by molar-refractivity contribution is -0.146. The summed E-state index contributed by atoms with van der Waals surface area (Å²) in [4.78, 5) is 10.8. The Kier molecular flexibility index (Phi) is 1.46. The molecule has 2 rings (SSSR count). The van der Waals surface area contributed by atoms with Crippen LogP contribution in [-0.4, -0.2) is 23.3 Å². The lowest BCUT2D eigenvalue weighted by Gasteiger charge is -2.18. The van der Waals surface area contributed by atoms with Crippen LogP contribution in [0, 0.1) is 5.92 Å². The number of allylic oxidation sites excluding steroid dienone is 1. The number of esters is 1. The summed E-state index contributed by atoms with van der Waals surface area (Å²) in [5.41, 5.74) is 0. The number of hydrogen-bond donors (Lipinski definition) is 1. The molecule has 3 heteroatoms. The molecule has 0 saturated carbocycles. The predicted molar refractivity (Wildman–Crippen MR) is 37.8 cm³/mol. The van der Waals surface area contributed by atoms with Crippen LogP contribution in [0.4, 0.5) is 0 Å². The second-order valence-electron chi connectivity index (χ2n) is 3.02. The summed E-state index contributed by atoms with van der Waals surface area (Å²) in [7, 11) is 0. The van der Waals surface area contributed by atoms with Gasteiger partial charge < -0.3 is 9.84 Å². The predicted octanol–water partition coefficient (Wildman–Crippen LogP) is 0.239. The summed E-state index contributed by atoms with van der Waals surface area (Å²) in [5.74, 6) is -0.459. The number of carbonyl (C=O) groups is 1. The summed E-state index contributed by atoms with van der Waals surface area (Å²) in [6.45, 7) is 0. The van der Waals surface area contributed by atoms with E-state index in [-0.39, 0.29) is 12.0 Å². The highest BCUT2D eigenvalue weighted by atomic mass is 16.6. The molecule has 0 aromatic heterocycles. The van der Waals surface area contributed by atoms with Gasteiger partial charge in [0.05, 0.1) is 0 Å². The second-order valence-corrected chi connectivity index (χ2v) is 3.02. The first-order chi connectivity index (χ1) is 5.29. The van der Waals surface area contributed by atoms with Crippen molar-refractivity contribution in [3.8, 4) is 0 Å². The van der Waals surface area contributed by atoms with Gasteiger partial charge in [-0.15, -0.1) is 0 Å². The molecular weight excluding hydrogens is 144 g/mol.